The van der Waals surface area contributed by atoms with Crippen molar-refractivity contribution in [3.8, 4) is 17.5 Å². The summed E-state index contributed by atoms with van der Waals surface area (Å²) in [6.45, 7) is 14.7. The maximum Gasteiger partial charge on any atom is 0.407 e. The van der Waals surface area contributed by atoms with Gasteiger partial charge in [0.25, 0.3) is 0 Å². The van der Waals surface area contributed by atoms with Gasteiger partial charge in [0.1, 0.15) is 11.7 Å². The van der Waals surface area contributed by atoms with Gasteiger partial charge in [-0.2, -0.15) is 5.26 Å². The molecule has 0 radical (unpaired) electrons. The number of carbonyl (C=O) groups is 1. The van der Waals surface area contributed by atoms with Gasteiger partial charge in [0.2, 0.25) is 0 Å². The molecule has 0 bridgehead atoms. The Labute approximate surface area is 231 Å². The summed E-state index contributed by atoms with van der Waals surface area (Å²) < 4.78 is 13.1. The molecule has 0 aliphatic carbocycles. The summed E-state index contributed by atoms with van der Waals surface area (Å²) in [4.78, 5) is 14.2. The number of nitrogens with one attached hydrogen (secondary N) is 1. The molecule has 204 valence electrons. The lowest BCUT2D eigenvalue weighted by Gasteiger charge is -2.39. The zero-order chi connectivity index (χ0) is 27.9. The lowest BCUT2D eigenvalue weighted by atomic mass is 10.1. The van der Waals surface area contributed by atoms with E-state index in [4.69, 9.17) is 21.1 Å². The number of rotatable bonds is 8. The molecular formula is C30H39ClN4O3. The van der Waals surface area contributed by atoms with Crippen molar-refractivity contribution >= 4 is 28.6 Å². The van der Waals surface area contributed by atoms with E-state index in [9.17, 15) is 10.1 Å². The van der Waals surface area contributed by atoms with Crippen LogP contribution in [0.1, 0.15) is 59.1 Å². The predicted octanol–water partition coefficient (Wildman–Crippen LogP) is 6.72. The number of hydrogen-bond acceptors (Lipinski definition) is 5. The van der Waals surface area contributed by atoms with Gasteiger partial charge in [0, 0.05) is 36.9 Å². The van der Waals surface area contributed by atoms with Crippen LogP contribution in [-0.2, 0) is 11.2 Å². The standard InChI is InChI=1S/C28H33ClN4O3.C2H6/c1-5-12-35-26-21(16-30)14-23(15-24(26)29)33-11-9-20-13-19(6-7-25(20)33)8-10-32-17-22(18-32)31-27(34)36-28(2,3)4;1-2/h6-7,9,11,13-15,22H,5,8,10,12,17-18H2,1-4H3,(H,31,34);1-2H3. The van der Waals surface area contributed by atoms with Crippen molar-refractivity contribution in [2.45, 2.75) is 66.0 Å². The third-order valence-corrected chi connectivity index (χ3v) is 6.31. The van der Waals surface area contributed by atoms with E-state index in [1.54, 1.807) is 0 Å². The van der Waals surface area contributed by atoms with Crippen molar-refractivity contribution in [1.29, 1.82) is 5.26 Å². The van der Waals surface area contributed by atoms with Gasteiger partial charge in [0.05, 0.1) is 28.8 Å². The summed E-state index contributed by atoms with van der Waals surface area (Å²) in [6, 6.07) is 14.5. The number of ether oxygens (including phenoxy) is 2. The molecule has 1 aromatic heterocycles. The maximum absolute atomic E-state index is 11.9. The van der Waals surface area contributed by atoms with Crippen LogP contribution in [0.3, 0.4) is 0 Å². The fourth-order valence-corrected chi connectivity index (χ4v) is 4.60. The molecule has 3 aromatic rings. The molecule has 0 spiro atoms. The molecule has 8 heteroatoms. The molecule has 2 heterocycles. The molecule has 1 aliphatic heterocycles. The highest BCUT2D eigenvalue weighted by Crippen LogP contribution is 2.33. The van der Waals surface area contributed by atoms with Gasteiger partial charge in [-0.1, -0.05) is 38.4 Å². The smallest absolute Gasteiger partial charge is 0.407 e. The van der Waals surface area contributed by atoms with Crippen molar-refractivity contribution in [3.63, 3.8) is 0 Å². The molecular weight excluding hydrogens is 500 g/mol. The Hall–Kier alpha value is -3.21. The van der Waals surface area contributed by atoms with Crippen molar-refractivity contribution in [1.82, 2.24) is 14.8 Å². The predicted molar refractivity (Wildman–Crippen MR) is 153 cm³/mol. The van der Waals surface area contributed by atoms with Gasteiger partial charge in [-0.15, -0.1) is 0 Å². The van der Waals surface area contributed by atoms with Crippen LogP contribution in [0.5, 0.6) is 5.75 Å². The summed E-state index contributed by atoms with van der Waals surface area (Å²) in [5.74, 6) is 0.443. The minimum atomic E-state index is -0.484. The van der Waals surface area contributed by atoms with Crippen molar-refractivity contribution in [2.75, 3.05) is 26.2 Å². The Bertz CT molecular complexity index is 1280. The molecule has 0 atom stereocenters. The third kappa shape index (κ3) is 7.43. The second-order valence-electron chi connectivity index (χ2n) is 10.2. The summed E-state index contributed by atoms with van der Waals surface area (Å²) in [5, 5.41) is 14.1. The number of alkyl carbamates (subject to hydrolysis) is 1. The molecule has 1 saturated heterocycles. The number of amides is 1. The van der Waals surface area contributed by atoms with Gasteiger partial charge in [-0.3, -0.25) is 4.90 Å². The van der Waals surface area contributed by atoms with E-state index in [1.165, 1.54) is 5.56 Å². The van der Waals surface area contributed by atoms with Crippen LogP contribution in [0.2, 0.25) is 5.02 Å². The van der Waals surface area contributed by atoms with Crippen LogP contribution in [0.15, 0.2) is 42.6 Å². The fraction of sp³-hybridized carbons (Fsp3) is 0.467. The number of nitriles is 1. The van der Waals surface area contributed by atoms with Crippen molar-refractivity contribution in [3.05, 3.63) is 58.7 Å². The van der Waals surface area contributed by atoms with E-state index >= 15 is 0 Å². The fourth-order valence-electron chi connectivity index (χ4n) is 4.33. The molecule has 38 heavy (non-hydrogen) atoms. The van der Waals surface area contributed by atoms with E-state index in [-0.39, 0.29) is 12.1 Å². The normalized spacial score (nSPS) is 13.7. The van der Waals surface area contributed by atoms with Gasteiger partial charge in [-0.25, -0.2) is 4.79 Å². The van der Waals surface area contributed by atoms with Crippen LogP contribution < -0.4 is 10.1 Å². The summed E-state index contributed by atoms with van der Waals surface area (Å²) in [5.41, 5.74) is 3.07. The lowest BCUT2D eigenvalue weighted by molar-refractivity contribution is 0.0403. The second-order valence-corrected chi connectivity index (χ2v) is 10.6. The Morgan fingerprint density at radius 2 is 1.92 bits per heavy atom. The SMILES string of the molecule is CC.CCCOc1c(Cl)cc(-n2ccc3cc(CCN4CC(NC(=O)OC(C)(C)C)C4)ccc32)cc1C#N. The Morgan fingerprint density at radius 1 is 1.18 bits per heavy atom. The number of aromatic nitrogens is 1. The van der Waals surface area contributed by atoms with Crippen LogP contribution in [0.25, 0.3) is 16.6 Å². The molecule has 1 amide bonds. The van der Waals surface area contributed by atoms with Gasteiger partial charge < -0.3 is 19.4 Å². The van der Waals surface area contributed by atoms with Crippen molar-refractivity contribution < 1.29 is 14.3 Å². The molecule has 4 rings (SSSR count). The Morgan fingerprint density at radius 3 is 2.58 bits per heavy atom. The highest BCUT2D eigenvalue weighted by atomic mass is 35.5. The van der Waals surface area contributed by atoms with Crippen LogP contribution >= 0.6 is 11.6 Å². The summed E-state index contributed by atoms with van der Waals surface area (Å²) in [6.07, 6.45) is 3.41. The zero-order valence-corrected chi connectivity index (χ0v) is 24.1. The molecule has 2 aromatic carbocycles. The zero-order valence-electron chi connectivity index (χ0n) is 23.3. The first-order valence-corrected chi connectivity index (χ1v) is 13.7. The van der Waals surface area contributed by atoms with E-state index in [1.807, 2.05) is 64.4 Å². The van der Waals surface area contributed by atoms with Crippen LogP contribution in [0.4, 0.5) is 4.79 Å². The average Bonchev–Trinajstić information content (AvgIpc) is 3.27. The minimum Gasteiger partial charge on any atom is -0.491 e. The first kappa shape index (κ1) is 29.3. The number of fused-ring (bicyclic) bond motifs is 1. The minimum absolute atomic E-state index is 0.139. The highest BCUT2D eigenvalue weighted by molar-refractivity contribution is 6.32. The molecule has 0 unspecified atom stereocenters. The van der Waals surface area contributed by atoms with E-state index < -0.39 is 5.60 Å². The van der Waals surface area contributed by atoms with Gasteiger partial charge in [0.15, 0.2) is 5.75 Å². The lowest BCUT2D eigenvalue weighted by Crippen LogP contribution is -2.60. The second kappa shape index (κ2) is 13.0. The number of likely N-dealkylation sites (tertiary alicyclic amines) is 1. The summed E-state index contributed by atoms with van der Waals surface area (Å²) >= 11 is 6.47. The quantitative estimate of drug-likeness (QED) is 0.344. The number of nitrogens with zero attached hydrogens (tertiary/aromatic N) is 3. The number of benzene rings is 2. The van der Waals surface area contributed by atoms with E-state index in [0.29, 0.717) is 22.9 Å². The largest absolute Gasteiger partial charge is 0.491 e. The molecule has 7 nitrogen and oxygen atoms in total. The molecule has 1 aliphatic rings. The van der Waals surface area contributed by atoms with E-state index in [2.05, 4.69) is 40.6 Å². The Kier molecular flexibility index (Phi) is 10.1. The molecule has 0 saturated carbocycles. The average molecular weight is 539 g/mol. The first-order valence-electron chi connectivity index (χ1n) is 13.4. The number of halogens is 1. The van der Waals surface area contributed by atoms with Crippen LogP contribution in [0, 0.1) is 11.3 Å². The van der Waals surface area contributed by atoms with Crippen LogP contribution in [-0.4, -0.2) is 53.4 Å². The summed E-state index contributed by atoms with van der Waals surface area (Å²) in [7, 11) is 0. The monoisotopic (exact) mass is 538 g/mol. The Balaban J connectivity index is 0.00000195. The number of hydrogen-bond donors (Lipinski definition) is 1. The van der Waals surface area contributed by atoms with Crippen molar-refractivity contribution in [2.24, 2.45) is 0 Å². The third-order valence-electron chi connectivity index (χ3n) is 6.03. The maximum atomic E-state index is 11.9. The van der Waals surface area contributed by atoms with E-state index in [0.717, 1.165) is 49.1 Å². The van der Waals surface area contributed by atoms with Gasteiger partial charge >= 0.3 is 6.09 Å². The number of carbonyl (C=O) groups excluding carboxylic acids is 1. The van der Waals surface area contributed by atoms with Gasteiger partial charge in [-0.05, 0) is 69.5 Å². The topological polar surface area (TPSA) is 79.5 Å². The molecule has 1 N–H and O–H groups in total. The first-order chi connectivity index (χ1) is 18.2. The highest BCUT2D eigenvalue weighted by Gasteiger charge is 2.29. The molecule has 1 fully saturated rings.